The van der Waals surface area contributed by atoms with Gasteiger partial charge >= 0.3 is 6.36 Å². The number of hydrogen-bond donors (Lipinski definition) is 3. The van der Waals surface area contributed by atoms with E-state index in [0.717, 1.165) is 0 Å². The summed E-state index contributed by atoms with van der Waals surface area (Å²) in [6.07, 6.45) is -3.19. The van der Waals surface area contributed by atoms with Gasteiger partial charge in [0.25, 0.3) is 0 Å². The lowest BCUT2D eigenvalue weighted by atomic mass is 10.2. The highest BCUT2D eigenvalue weighted by Crippen LogP contribution is 2.29. The Bertz CT molecular complexity index is 848. The molecule has 0 saturated carbocycles. The topological polar surface area (TPSA) is 83.1 Å². The number of benzene rings is 1. The summed E-state index contributed by atoms with van der Waals surface area (Å²) in [4.78, 5) is 11.5. The summed E-state index contributed by atoms with van der Waals surface area (Å²) in [6.45, 7) is 0.245. The minimum Gasteiger partial charge on any atom is -0.406 e. The van der Waals surface area contributed by atoms with Gasteiger partial charge in [-0.15, -0.1) is 13.2 Å². The minimum absolute atomic E-state index is 0.0633. The Morgan fingerprint density at radius 2 is 2.08 bits per heavy atom. The van der Waals surface area contributed by atoms with E-state index < -0.39 is 6.36 Å². The monoisotopic (exact) mass is 338 g/mol. The van der Waals surface area contributed by atoms with Crippen LogP contribution in [0.2, 0.25) is 0 Å². The largest absolute Gasteiger partial charge is 0.573 e. The summed E-state index contributed by atoms with van der Waals surface area (Å²) in [5.41, 5.74) is 1.65. The van der Waals surface area contributed by atoms with Gasteiger partial charge < -0.3 is 20.1 Å². The lowest BCUT2D eigenvalue weighted by molar-refractivity contribution is -0.274. The molecule has 0 atom stereocenters. The van der Waals surface area contributed by atoms with Crippen LogP contribution in [0.3, 0.4) is 0 Å². The Morgan fingerprint density at radius 3 is 2.83 bits per heavy atom. The SMILES string of the molecule is OCCNc1nccc2[nH]c(-c3cccc(OC(F)(F)F)c3)nc12. The number of hydrogen-bond acceptors (Lipinski definition) is 5. The van der Waals surface area contributed by atoms with Crippen molar-refractivity contribution in [2.45, 2.75) is 6.36 Å². The standard InChI is InChI=1S/C15H13F3N4O2/c16-15(17,18)24-10-3-1-2-9(8-10)13-21-11-4-5-19-14(12(11)22-13)20-6-7-23/h1-5,8,23H,6-7H2,(H,19,20)(H,21,22). The highest BCUT2D eigenvalue weighted by molar-refractivity contribution is 5.88. The summed E-state index contributed by atoms with van der Waals surface area (Å²) in [5, 5.41) is 11.8. The highest BCUT2D eigenvalue weighted by atomic mass is 19.4. The Balaban J connectivity index is 1.96. The van der Waals surface area contributed by atoms with Gasteiger partial charge in [0.1, 0.15) is 17.1 Å². The molecule has 0 unspecified atom stereocenters. The summed E-state index contributed by atoms with van der Waals surface area (Å²) in [5.74, 6) is 0.543. The molecule has 2 aromatic heterocycles. The number of aromatic nitrogens is 3. The Morgan fingerprint density at radius 1 is 1.25 bits per heavy atom. The predicted octanol–water partition coefficient (Wildman–Crippen LogP) is 2.93. The van der Waals surface area contributed by atoms with Crippen LogP contribution >= 0.6 is 0 Å². The van der Waals surface area contributed by atoms with Gasteiger partial charge in [0.15, 0.2) is 5.82 Å². The molecule has 0 bridgehead atoms. The van der Waals surface area contributed by atoms with Crippen LogP contribution in [0.15, 0.2) is 36.5 Å². The molecule has 0 aliphatic carbocycles. The number of ether oxygens (including phenoxy) is 1. The molecule has 3 rings (SSSR count). The molecule has 0 radical (unpaired) electrons. The fourth-order valence-electron chi connectivity index (χ4n) is 2.22. The molecular formula is C15H13F3N4O2. The van der Waals surface area contributed by atoms with E-state index in [-0.39, 0.29) is 12.4 Å². The summed E-state index contributed by atoms with van der Waals surface area (Å²) in [7, 11) is 0. The van der Waals surface area contributed by atoms with Gasteiger partial charge in [-0.1, -0.05) is 12.1 Å². The number of halogens is 3. The molecule has 3 N–H and O–H groups in total. The van der Waals surface area contributed by atoms with Crippen molar-refractivity contribution in [3.8, 4) is 17.1 Å². The zero-order valence-corrected chi connectivity index (χ0v) is 12.3. The lowest BCUT2D eigenvalue weighted by Gasteiger charge is -2.09. The van der Waals surface area contributed by atoms with Crippen LogP contribution in [0.5, 0.6) is 5.75 Å². The number of H-pyrrole nitrogens is 1. The van der Waals surface area contributed by atoms with E-state index >= 15 is 0 Å². The van der Waals surface area contributed by atoms with E-state index in [0.29, 0.717) is 34.8 Å². The van der Waals surface area contributed by atoms with Crippen LogP contribution < -0.4 is 10.1 Å². The van der Waals surface area contributed by atoms with Crippen molar-refractivity contribution in [2.75, 3.05) is 18.5 Å². The van der Waals surface area contributed by atoms with Gasteiger partial charge in [0, 0.05) is 18.3 Å². The van der Waals surface area contributed by atoms with Crippen molar-refractivity contribution in [1.29, 1.82) is 0 Å². The summed E-state index contributed by atoms with van der Waals surface area (Å²) >= 11 is 0. The number of rotatable bonds is 5. The molecule has 0 amide bonds. The summed E-state index contributed by atoms with van der Waals surface area (Å²) in [6, 6.07) is 7.24. The van der Waals surface area contributed by atoms with Crippen molar-refractivity contribution in [2.24, 2.45) is 0 Å². The van der Waals surface area contributed by atoms with Crippen LogP contribution in [0.25, 0.3) is 22.4 Å². The number of nitrogens with zero attached hydrogens (tertiary/aromatic N) is 2. The van der Waals surface area contributed by atoms with Crippen molar-refractivity contribution in [3.05, 3.63) is 36.5 Å². The van der Waals surface area contributed by atoms with Gasteiger partial charge in [0.2, 0.25) is 0 Å². The third-order valence-corrected chi connectivity index (χ3v) is 3.15. The smallest absolute Gasteiger partial charge is 0.406 e. The molecule has 9 heteroatoms. The molecule has 6 nitrogen and oxygen atoms in total. The van der Waals surface area contributed by atoms with Crippen molar-refractivity contribution < 1.29 is 23.0 Å². The predicted molar refractivity (Wildman–Crippen MR) is 81.6 cm³/mol. The van der Waals surface area contributed by atoms with Crippen molar-refractivity contribution in [1.82, 2.24) is 15.0 Å². The molecule has 0 aliphatic rings. The molecule has 24 heavy (non-hydrogen) atoms. The number of aromatic amines is 1. The van der Waals surface area contributed by atoms with Gasteiger partial charge in [-0.05, 0) is 18.2 Å². The average Bonchev–Trinajstić information content (AvgIpc) is 2.96. The third kappa shape index (κ3) is 3.57. The second-order valence-corrected chi connectivity index (χ2v) is 4.87. The molecular weight excluding hydrogens is 325 g/mol. The second kappa shape index (κ2) is 6.36. The van der Waals surface area contributed by atoms with Crippen molar-refractivity contribution >= 4 is 16.9 Å². The van der Waals surface area contributed by atoms with Crippen LogP contribution in [0.4, 0.5) is 19.0 Å². The first kappa shape index (κ1) is 16.1. The van der Waals surface area contributed by atoms with Gasteiger partial charge in [0.05, 0.1) is 12.1 Å². The van der Waals surface area contributed by atoms with Gasteiger partial charge in [-0.3, -0.25) is 0 Å². The number of nitrogens with one attached hydrogen (secondary N) is 2. The third-order valence-electron chi connectivity index (χ3n) is 3.15. The zero-order valence-electron chi connectivity index (χ0n) is 12.3. The maximum Gasteiger partial charge on any atom is 0.573 e. The average molecular weight is 338 g/mol. The van der Waals surface area contributed by atoms with E-state index in [4.69, 9.17) is 5.11 Å². The molecule has 0 spiro atoms. The van der Waals surface area contributed by atoms with E-state index in [2.05, 4.69) is 25.0 Å². The minimum atomic E-state index is -4.75. The fourth-order valence-corrected chi connectivity index (χ4v) is 2.22. The number of imidazole rings is 1. The highest BCUT2D eigenvalue weighted by Gasteiger charge is 2.31. The fraction of sp³-hybridized carbons (Fsp3) is 0.200. The number of pyridine rings is 1. The Hall–Kier alpha value is -2.81. The molecule has 126 valence electrons. The first-order valence-electron chi connectivity index (χ1n) is 7.02. The molecule has 0 aliphatic heterocycles. The lowest BCUT2D eigenvalue weighted by Crippen LogP contribution is -2.17. The van der Waals surface area contributed by atoms with E-state index in [1.807, 2.05) is 0 Å². The number of aliphatic hydroxyl groups is 1. The molecule has 2 heterocycles. The van der Waals surface area contributed by atoms with Crippen LogP contribution in [0, 0.1) is 0 Å². The van der Waals surface area contributed by atoms with Crippen molar-refractivity contribution in [3.63, 3.8) is 0 Å². The maximum atomic E-state index is 12.3. The Kier molecular flexibility index (Phi) is 4.26. The Labute approximate surface area is 134 Å². The van der Waals surface area contributed by atoms with Gasteiger partial charge in [-0.2, -0.15) is 0 Å². The number of aliphatic hydroxyl groups excluding tert-OH is 1. The first-order valence-corrected chi connectivity index (χ1v) is 7.02. The number of anilines is 1. The molecule has 0 fully saturated rings. The van der Waals surface area contributed by atoms with Gasteiger partial charge in [-0.25, -0.2) is 9.97 Å². The maximum absolute atomic E-state index is 12.3. The molecule has 1 aromatic carbocycles. The second-order valence-electron chi connectivity index (χ2n) is 4.87. The summed E-state index contributed by atoms with van der Waals surface area (Å²) < 4.78 is 40.9. The first-order chi connectivity index (χ1) is 11.5. The van der Waals surface area contributed by atoms with Crippen LogP contribution in [-0.2, 0) is 0 Å². The van der Waals surface area contributed by atoms with Crippen LogP contribution in [-0.4, -0.2) is 39.6 Å². The number of fused-ring (bicyclic) bond motifs is 1. The quantitative estimate of drug-likeness (QED) is 0.666. The zero-order chi connectivity index (χ0) is 17.2. The molecule has 3 aromatic rings. The van der Waals surface area contributed by atoms with E-state index in [1.54, 1.807) is 18.3 Å². The normalized spacial score (nSPS) is 11.7. The molecule has 0 saturated heterocycles. The number of alkyl halides is 3. The van der Waals surface area contributed by atoms with E-state index in [1.165, 1.54) is 18.2 Å². The van der Waals surface area contributed by atoms with E-state index in [9.17, 15) is 13.2 Å². The van der Waals surface area contributed by atoms with Crippen LogP contribution in [0.1, 0.15) is 0 Å².